The van der Waals surface area contributed by atoms with Gasteiger partial charge in [-0.3, -0.25) is 9.59 Å². The van der Waals surface area contributed by atoms with E-state index in [-0.39, 0.29) is 31.0 Å². The van der Waals surface area contributed by atoms with Crippen molar-refractivity contribution in [1.29, 1.82) is 0 Å². The van der Waals surface area contributed by atoms with Crippen molar-refractivity contribution in [2.24, 2.45) is 0 Å². The normalized spacial score (nSPS) is 12.8. The Morgan fingerprint density at radius 2 is 1.61 bits per heavy atom. The summed E-state index contributed by atoms with van der Waals surface area (Å²) in [7, 11) is 0. The smallest absolute Gasteiger partial charge is 0.261 e. The van der Waals surface area contributed by atoms with E-state index < -0.39 is 6.04 Å². The molecule has 3 aromatic carbocycles. The highest BCUT2D eigenvalue weighted by molar-refractivity contribution is 6.36. The molecular formula is C26H28Cl2N2O3. The van der Waals surface area contributed by atoms with Crippen LogP contribution in [0.15, 0.2) is 60.7 Å². The van der Waals surface area contributed by atoms with Crippen LogP contribution in [0, 0.1) is 0 Å². The molecule has 0 aromatic heterocycles. The van der Waals surface area contributed by atoms with Crippen LogP contribution in [0.2, 0.25) is 10.0 Å². The third kappa shape index (κ3) is 6.18. The van der Waals surface area contributed by atoms with Crippen LogP contribution in [0.4, 0.5) is 0 Å². The maximum Gasteiger partial charge on any atom is 0.261 e. The predicted octanol–water partition coefficient (Wildman–Crippen LogP) is 5.86. The molecule has 174 valence electrons. The molecule has 2 atom stereocenters. The van der Waals surface area contributed by atoms with Crippen molar-refractivity contribution in [1.82, 2.24) is 10.2 Å². The number of amides is 2. The van der Waals surface area contributed by atoms with Crippen LogP contribution in [0.3, 0.4) is 0 Å². The number of nitrogens with zero attached hydrogens (tertiary/aromatic N) is 1. The number of nitrogens with one attached hydrogen (secondary N) is 1. The third-order valence-electron chi connectivity index (χ3n) is 5.66. The summed E-state index contributed by atoms with van der Waals surface area (Å²) in [5.74, 6) is 0.0191. The molecule has 0 aliphatic rings. The number of rotatable bonds is 9. The maximum atomic E-state index is 13.3. The number of fused-ring (bicyclic) bond motifs is 1. The molecule has 33 heavy (non-hydrogen) atoms. The van der Waals surface area contributed by atoms with Gasteiger partial charge in [-0.2, -0.15) is 0 Å². The zero-order valence-corrected chi connectivity index (χ0v) is 20.5. The zero-order chi connectivity index (χ0) is 24.0. The summed E-state index contributed by atoms with van der Waals surface area (Å²) in [5.41, 5.74) is 0.586. The molecule has 0 bridgehead atoms. The lowest BCUT2D eigenvalue weighted by molar-refractivity contribution is -0.142. The largest absolute Gasteiger partial charge is 0.483 e. The first-order chi connectivity index (χ1) is 15.8. The number of ether oxygens (including phenoxy) is 1. The van der Waals surface area contributed by atoms with Crippen LogP contribution < -0.4 is 10.1 Å². The summed E-state index contributed by atoms with van der Waals surface area (Å²) in [4.78, 5) is 27.6. The molecule has 0 heterocycles. The monoisotopic (exact) mass is 486 g/mol. The number of halogens is 2. The van der Waals surface area contributed by atoms with Crippen LogP contribution in [0.25, 0.3) is 10.8 Å². The van der Waals surface area contributed by atoms with Gasteiger partial charge in [-0.25, -0.2) is 0 Å². The van der Waals surface area contributed by atoms with E-state index in [1.807, 2.05) is 56.3 Å². The molecule has 3 rings (SSSR count). The third-order valence-corrected chi connectivity index (χ3v) is 6.37. The number of hydrogen-bond donors (Lipinski definition) is 1. The van der Waals surface area contributed by atoms with E-state index in [2.05, 4.69) is 5.32 Å². The van der Waals surface area contributed by atoms with Gasteiger partial charge < -0.3 is 15.0 Å². The second-order valence-electron chi connectivity index (χ2n) is 7.98. The molecule has 5 nitrogen and oxygen atoms in total. The van der Waals surface area contributed by atoms with Crippen molar-refractivity contribution in [2.75, 3.05) is 6.61 Å². The Hall–Kier alpha value is -2.76. The van der Waals surface area contributed by atoms with Gasteiger partial charge >= 0.3 is 0 Å². The molecule has 0 saturated carbocycles. The summed E-state index contributed by atoms with van der Waals surface area (Å²) in [5, 5.41) is 5.74. The second-order valence-corrected chi connectivity index (χ2v) is 8.80. The van der Waals surface area contributed by atoms with Crippen molar-refractivity contribution in [3.8, 4) is 5.75 Å². The molecule has 0 unspecified atom stereocenters. The first kappa shape index (κ1) is 24.9. The second kappa shape index (κ2) is 11.4. The Kier molecular flexibility index (Phi) is 8.59. The van der Waals surface area contributed by atoms with E-state index in [0.717, 1.165) is 17.2 Å². The van der Waals surface area contributed by atoms with Gasteiger partial charge in [-0.1, -0.05) is 72.6 Å². The highest BCUT2D eigenvalue weighted by Crippen LogP contribution is 2.28. The molecule has 0 spiro atoms. The fourth-order valence-electron chi connectivity index (χ4n) is 3.45. The lowest BCUT2D eigenvalue weighted by atomic mass is 10.1. The van der Waals surface area contributed by atoms with Crippen LogP contribution in [0.1, 0.15) is 32.8 Å². The topological polar surface area (TPSA) is 58.6 Å². The summed E-state index contributed by atoms with van der Waals surface area (Å²) in [6.45, 7) is 5.46. The minimum atomic E-state index is -0.741. The van der Waals surface area contributed by atoms with Gasteiger partial charge in [-0.15, -0.1) is 0 Å². The van der Waals surface area contributed by atoms with Crippen molar-refractivity contribution in [2.45, 2.75) is 45.8 Å². The van der Waals surface area contributed by atoms with Gasteiger partial charge in [0.25, 0.3) is 5.91 Å². The van der Waals surface area contributed by atoms with Gasteiger partial charge in [0, 0.05) is 33.6 Å². The van der Waals surface area contributed by atoms with Gasteiger partial charge in [0.2, 0.25) is 5.91 Å². The lowest BCUT2D eigenvalue weighted by Gasteiger charge is -2.30. The fourth-order valence-corrected chi connectivity index (χ4v) is 3.96. The van der Waals surface area contributed by atoms with E-state index in [4.69, 9.17) is 27.9 Å². The number of hydrogen-bond acceptors (Lipinski definition) is 3. The first-order valence-corrected chi connectivity index (χ1v) is 11.7. The van der Waals surface area contributed by atoms with Crippen LogP contribution >= 0.6 is 23.2 Å². The molecule has 7 heteroatoms. The molecule has 0 fully saturated rings. The predicted molar refractivity (Wildman–Crippen MR) is 134 cm³/mol. The van der Waals surface area contributed by atoms with Crippen LogP contribution in [0.5, 0.6) is 5.75 Å². The molecule has 0 aliphatic heterocycles. The molecule has 0 aliphatic carbocycles. The highest BCUT2D eigenvalue weighted by atomic mass is 35.5. The Balaban J connectivity index is 1.84. The van der Waals surface area contributed by atoms with Gasteiger partial charge in [0.05, 0.1) is 0 Å². The maximum absolute atomic E-state index is 13.3. The summed E-state index contributed by atoms with van der Waals surface area (Å²) in [6, 6.07) is 17.9. The van der Waals surface area contributed by atoms with Gasteiger partial charge in [0.1, 0.15) is 11.8 Å². The average Bonchev–Trinajstić information content (AvgIpc) is 2.81. The standard InChI is InChI=1S/C26H28Cl2N2O3/c1-4-17(2)29-26(32)18(3)30(15-21-22(27)12-8-13-23(21)28)25(31)16-33-24-14-7-10-19-9-5-6-11-20(19)24/h5-14,17-18H,4,15-16H2,1-3H3,(H,29,32)/t17-,18+/m0/s1. The minimum Gasteiger partial charge on any atom is -0.483 e. The number of carbonyl (C=O) groups excluding carboxylic acids is 2. The Bertz CT molecular complexity index is 1110. The molecule has 3 aromatic rings. The van der Waals surface area contributed by atoms with E-state index in [1.54, 1.807) is 25.1 Å². The minimum absolute atomic E-state index is 0.00673. The van der Waals surface area contributed by atoms with Crippen molar-refractivity contribution in [3.63, 3.8) is 0 Å². The average molecular weight is 487 g/mol. The number of carbonyl (C=O) groups is 2. The number of benzene rings is 3. The quantitative estimate of drug-likeness (QED) is 0.412. The van der Waals surface area contributed by atoms with Crippen LogP contribution in [-0.4, -0.2) is 35.4 Å². The van der Waals surface area contributed by atoms with Gasteiger partial charge in [0.15, 0.2) is 6.61 Å². The zero-order valence-electron chi connectivity index (χ0n) is 19.0. The Morgan fingerprint density at radius 3 is 2.30 bits per heavy atom. The van der Waals surface area contributed by atoms with E-state index in [1.165, 1.54) is 4.90 Å². The Labute approximate surface area is 204 Å². The molecule has 0 saturated heterocycles. The molecule has 2 amide bonds. The van der Waals surface area contributed by atoms with E-state index in [0.29, 0.717) is 21.4 Å². The van der Waals surface area contributed by atoms with Crippen molar-refractivity contribution in [3.05, 3.63) is 76.3 Å². The van der Waals surface area contributed by atoms with Gasteiger partial charge in [-0.05, 0) is 43.9 Å². The lowest BCUT2D eigenvalue weighted by Crippen LogP contribution is -2.50. The van der Waals surface area contributed by atoms with Crippen molar-refractivity contribution < 1.29 is 14.3 Å². The van der Waals surface area contributed by atoms with Crippen molar-refractivity contribution >= 4 is 45.8 Å². The first-order valence-electron chi connectivity index (χ1n) is 10.9. The molecule has 0 radical (unpaired) electrons. The fraction of sp³-hybridized carbons (Fsp3) is 0.308. The summed E-state index contributed by atoms with van der Waals surface area (Å²) in [6.07, 6.45) is 0.785. The molecular weight excluding hydrogens is 459 g/mol. The van der Waals surface area contributed by atoms with E-state index >= 15 is 0 Å². The Morgan fingerprint density at radius 1 is 0.970 bits per heavy atom. The van der Waals surface area contributed by atoms with E-state index in [9.17, 15) is 9.59 Å². The molecule has 1 N–H and O–H groups in total. The van der Waals surface area contributed by atoms with Crippen LogP contribution in [-0.2, 0) is 16.1 Å². The highest BCUT2D eigenvalue weighted by Gasteiger charge is 2.28. The summed E-state index contributed by atoms with van der Waals surface area (Å²) >= 11 is 12.7. The summed E-state index contributed by atoms with van der Waals surface area (Å²) < 4.78 is 5.90. The SMILES string of the molecule is CC[C@H](C)NC(=O)[C@@H](C)N(Cc1c(Cl)cccc1Cl)C(=O)COc1cccc2ccccc12.